The summed E-state index contributed by atoms with van der Waals surface area (Å²) in [5.74, 6) is 0.558. The molecule has 160 valence electrons. The number of para-hydroxylation sites is 3. The van der Waals surface area contributed by atoms with E-state index in [2.05, 4.69) is 5.32 Å². The highest BCUT2D eigenvalue weighted by Gasteiger charge is 2.33. The predicted molar refractivity (Wildman–Crippen MR) is 120 cm³/mol. The average Bonchev–Trinajstić information content (AvgIpc) is 2.81. The topological polar surface area (TPSA) is 75.7 Å². The first-order valence-electron chi connectivity index (χ1n) is 10.2. The van der Waals surface area contributed by atoms with Crippen LogP contribution in [0, 0.1) is 5.92 Å². The van der Waals surface area contributed by atoms with Crippen molar-refractivity contribution in [1.29, 1.82) is 0 Å². The van der Waals surface area contributed by atoms with E-state index in [4.69, 9.17) is 4.74 Å². The van der Waals surface area contributed by atoms with Crippen molar-refractivity contribution in [1.82, 2.24) is 4.31 Å². The van der Waals surface area contributed by atoms with Crippen LogP contribution in [0.15, 0.2) is 89.8 Å². The van der Waals surface area contributed by atoms with Crippen molar-refractivity contribution < 1.29 is 17.9 Å². The van der Waals surface area contributed by atoms with Crippen LogP contribution in [-0.2, 0) is 14.8 Å². The molecule has 1 fully saturated rings. The van der Waals surface area contributed by atoms with Crippen molar-refractivity contribution >= 4 is 21.6 Å². The number of carbonyl (C=O) groups excluding carboxylic acids is 1. The molecule has 3 aromatic carbocycles. The van der Waals surface area contributed by atoms with E-state index >= 15 is 0 Å². The molecule has 1 N–H and O–H groups in total. The highest BCUT2D eigenvalue weighted by Crippen LogP contribution is 2.31. The number of sulfonamides is 1. The number of carbonyl (C=O) groups is 1. The maximum atomic E-state index is 13.0. The lowest BCUT2D eigenvalue weighted by Crippen LogP contribution is -2.43. The molecular formula is C24H24N2O4S. The number of rotatable bonds is 6. The van der Waals surface area contributed by atoms with E-state index in [-0.39, 0.29) is 17.3 Å². The molecule has 0 radical (unpaired) electrons. The molecule has 1 saturated heterocycles. The molecule has 1 heterocycles. The third-order valence-corrected chi connectivity index (χ3v) is 7.13. The van der Waals surface area contributed by atoms with Crippen LogP contribution in [0.3, 0.4) is 0 Å². The quantitative estimate of drug-likeness (QED) is 0.617. The zero-order chi connectivity index (χ0) is 21.7. The predicted octanol–water partition coefficient (Wildman–Crippen LogP) is 4.52. The van der Waals surface area contributed by atoms with E-state index in [1.807, 2.05) is 42.5 Å². The van der Waals surface area contributed by atoms with Gasteiger partial charge < -0.3 is 10.1 Å². The Labute approximate surface area is 182 Å². The summed E-state index contributed by atoms with van der Waals surface area (Å²) in [5, 5.41) is 2.93. The van der Waals surface area contributed by atoms with E-state index in [0.29, 0.717) is 36.6 Å². The Morgan fingerprint density at radius 1 is 0.903 bits per heavy atom. The fraction of sp³-hybridized carbons (Fsp3) is 0.208. The van der Waals surface area contributed by atoms with Crippen molar-refractivity contribution in [2.75, 3.05) is 18.4 Å². The highest BCUT2D eigenvalue weighted by atomic mass is 32.2. The number of amides is 1. The second-order valence-corrected chi connectivity index (χ2v) is 9.35. The number of hydrogen-bond acceptors (Lipinski definition) is 4. The normalized spacial score (nSPS) is 17.1. The molecule has 31 heavy (non-hydrogen) atoms. The van der Waals surface area contributed by atoms with Crippen molar-refractivity contribution in [2.45, 2.75) is 17.7 Å². The van der Waals surface area contributed by atoms with Gasteiger partial charge in [-0.05, 0) is 49.2 Å². The van der Waals surface area contributed by atoms with Gasteiger partial charge in [-0.2, -0.15) is 4.31 Å². The van der Waals surface area contributed by atoms with Gasteiger partial charge in [0, 0.05) is 13.1 Å². The summed E-state index contributed by atoms with van der Waals surface area (Å²) in [6.07, 6.45) is 1.26. The first kappa shape index (κ1) is 21.1. The first-order chi connectivity index (χ1) is 15.0. The molecule has 1 aliphatic heterocycles. The van der Waals surface area contributed by atoms with E-state index < -0.39 is 15.9 Å². The van der Waals surface area contributed by atoms with Crippen LogP contribution in [0.1, 0.15) is 12.8 Å². The van der Waals surface area contributed by atoms with Crippen LogP contribution in [0.4, 0.5) is 5.69 Å². The van der Waals surface area contributed by atoms with Gasteiger partial charge in [0.25, 0.3) is 0 Å². The largest absolute Gasteiger partial charge is 0.455 e. The van der Waals surface area contributed by atoms with Gasteiger partial charge in [0.15, 0.2) is 5.75 Å². The fourth-order valence-corrected chi connectivity index (χ4v) is 5.17. The van der Waals surface area contributed by atoms with E-state index in [0.717, 1.165) is 0 Å². The minimum atomic E-state index is -3.62. The van der Waals surface area contributed by atoms with Crippen molar-refractivity contribution in [3.63, 3.8) is 0 Å². The van der Waals surface area contributed by atoms with Crippen molar-refractivity contribution in [2.24, 2.45) is 5.92 Å². The van der Waals surface area contributed by atoms with Crippen molar-refractivity contribution in [3.05, 3.63) is 84.9 Å². The number of nitrogens with one attached hydrogen (secondary N) is 1. The second kappa shape index (κ2) is 9.32. The molecule has 1 amide bonds. The van der Waals surface area contributed by atoms with Gasteiger partial charge in [-0.15, -0.1) is 0 Å². The van der Waals surface area contributed by atoms with E-state index in [9.17, 15) is 13.2 Å². The van der Waals surface area contributed by atoms with Crippen molar-refractivity contribution in [3.8, 4) is 11.5 Å². The summed E-state index contributed by atoms with van der Waals surface area (Å²) in [6, 6.07) is 24.9. The van der Waals surface area contributed by atoms with Gasteiger partial charge in [-0.25, -0.2) is 8.42 Å². The minimum Gasteiger partial charge on any atom is -0.455 e. The average molecular weight is 437 g/mol. The molecule has 7 heteroatoms. The Bertz CT molecular complexity index is 1130. The highest BCUT2D eigenvalue weighted by molar-refractivity contribution is 7.89. The summed E-state index contributed by atoms with van der Waals surface area (Å²) in [4.78, 5) is 13.2. The molecule has 0 aromatic heterocycles. The number of piperidine rings is 1. The van der Waals surface area contributed by atoms with Crippen LogP contribution in [0.2, 0.25) is 0 Å². The Balaban J connectivity index is 1.47. The molecular weight excluding hydrogens is 412 g/mol. The lowest BCUT2D eigenvalue weighted by atomic mass is 9.98. The number of nitrogens with zero attached hydrogens (tertiary/aromatic N) is 1. The fourth-order valence-electron chi connectivity index (χ4n) is 3.63. The summed E-state index contributed by atoms with van der Waals surface area (Å²) < 4.78 is 33.2. The molecule has 1 atom stereocenters. The third-order valence-electron chi connectivity index (χ3n) is 5.25. The Morgan fingerprint density at radius 2 is 1.55 bits per heavy atom. The molecule has 1 unspecified atom stereocenters. The summed E-state index contributed by atoms with van der Waals surface area (Å²) >= 11 is 0. The summed E-state index contributed by atoms with van der Waals surface area (Å²) in [6.45, 7) is 0.569. The Kier molecular flexibility index (Phi) is 6.34. The summed E-state index contributed by atoms with van der Waals surface area (Å²) in [5.41, 5.74) is 0.555. The van der Waals surface area contributed by atoms with Gasteiger partial charge in [0.1, 0.15) is 5.75 Å². The van der Waals surface area contributed by atoms with Gasteiger partial charge in [0.2, 0.25) is 15.9 Å². The molecule has 6 nitrogen and oxygen atoms in total. The minimum absolute atomic E-state index is 0.158. The lowest BCUT2D eigenvalue weighted by molar-refractivity contribution is -0.120. The third kappa shape index (κ3) is 4.95. The Hall–Kier alpha value is -3.16. The number of ether oxygens (including phenoxy) is 1. The van der Waals surface area contributed by atoms with Crippen LogP contribution < -0.4 is 10.1 Å². The first-order valence-corrected chi connectivity index (χ1v) is 11.7. The molecule has 0 saturated carbocycles. The van der Waals surface area contributed by atoms with Crippen LogP contribution in [0.25, 0.3) is 0 Å². The second-order valence-electron chi connectivity index (χ2n) is 7.42. The maximum Gasteiger partial charge on any atom is 0.243 e. The SMILES string of the molecule is O=C(Nc1ccccc1Oc1ccccc1)C1CCCN(S(=O)(=O)c2ccccc2)C1. The van der Waals surface area contributed by atoms with Gasteiger partial charge in [0.05, 0.1) is 16.5 Å². The van der Waals surface area contributed by atoms with Crippen LogP contribution in [0.5, 0.6) is 11.5 Å². The standard InChI is InChI=1S/C24H24N2O4S/c27-24(25-22-15-7-8-16-23(22)30-20-11-3-1-4-12-20)19-10-9-17-26(18-19)31(28,29)21-13-5-2-6-14-21/h1-8,11-16,19H,9-10,17-18H2,(H,25,27). The van der Waals surface area contributed by atoms with Crippen LogP contribution in [-0.4, -0.2) is 31.7 Å². The Morgan fingerprint density at radius 3 is 2.29 bits per heavy atom. The molecule has 1 aliphatic rings. The molecule has 0 spiro atoms. The van der Waals surface area contributed by atoms with E-state index in [1.165, 1.54) is 4.31 Å². The monoisotopic (exact) mass is 436 g/mol. The maximum absolute atomic E-state index is 13.0. The zero-order valence-corrected chi connectivity index (χ0v) is 17.8. The van der Waals surface area contributed by atoms with Gasteiger partial charge in [-0.1, -0.05) is 48.5 Å². The zero-order valence-electron chi connectivity index (χ0n) is 17.0. The molecule has 0 bridgehead atoms. The smallest absolute Gasteiger partial charge is 0.243 e. The van der Waals surface area contributed by atoms with Crippen LogP contribution >= 0.6 is 0 Å². The molecule has 0 aliphatic carbocycles. The summed E-state index contributed by atoms with van der Waals surface area (Å²) in [7, 11) is -3.62. The number of benzene rings is 3. The molecule has 4 rings (SSSR count). The number of anilines is 1. The van der Waals surface area contributed by atoms with Gasteiger partial charge in [-0.3, -0.25) is 4.79 Å². The lowest BCUT2D eigenvalue weighted by Gasteiger charge is -2.31. The molecule has 3 aromatic rings. The van der Waals surface area contributed by atoms with Gasteiger partial charge >= 0.3 is 0 Å². The number of hydrogen-bond donors (Lipinski definition) is 1. The van der Waals surface area contributed by atoms with E-state index in [1.54, 1.807) is 42.5 Å².